The molecule has 1 aromatic carbocycles. The number of nitrogens with two attached hydrogens (primary N) is 1. The number of amides is 1. The Kier molecular flexibility index (Phi) is 4.56. The second-order valence-corrected chi connectivity index (χ2v) is 5.72. The van der Waals surface area contributed by atoms with Crippen LogP contribution in [-0.2, 0) is 17.6 Å². The second kappa shape index (κ2) is 6.21. The van der Waals surface area contributed by atoms with Gasteiger partial charge in [0.2, 0.25) is 0 Å². The van der Waals surface area contributed by atoms with Gasteiger partial charge in [0.15, 0.2) is 11.1 Å². The first kappa shape index (κ1) is 15.4. The molecule has 0 spiro atoms. The Morgan fingerprint density at radius 1 is 1.43 bits per heavy atom. The summed E-state index contributed by atoms with van der Waals surface area (Å²) in [6.45, 7) is 0.227. The van der Waals surface area contributed by atoms with Crippen molar-refractivity contribution in [2.45, 2.75) is 11.4 Å². The molecule has 2 rings (SSSR count). The number of hydrogen-bond acceptors (Lipinski definition) is 3. The fourth-order valence-corrected chi connectivity index (χ4v) is 2.55. The van der Waals surface area contributed by atoms with E-state index in [1.54, 1.807) is 18.2 Å². The minimum absolute atomic E-state index is 0.0180. The van der Waals surface area contributed by atoms with Crippen molar-refractivity contribution in [3.63, 3.8) is 0 Å². The number of carbonyl (C=O) groups excluding carboxylic acids is 1. The van der Waals surface area contributed by atoms with Crippen LogP contribution in [0.2, 0.25) is 5.02 Å². The minimum Gasteiger partial charge on any atom is -0.365 e. The molecule has 1 aromatic heterocycles. The van der Waals surface area contributed by atoms with Crippen LogP contribution < -0.4 is 11.2 Å². The molecule has 110 valence electrons. The molecule has 8 heteroatoms. The SMILES string of the molecule is N=c1c(C(N)=O)cc(Cl)cn1Cc1cccc(S(=O)O)c1. The predicted molar refractivity (Wildman–Crippen MR) is 78.4 cm³/mol. The van der Waals surface area contributed by atoms with E-state index < -0.39 is 17.0 Å². The highest BCUT2D eigenvalue weighted by Gasteiger charge is 2.09. The van der Waals surface area contributed by atoms with E-state index in [2.05, 4.69) is 0 Å². The smallest absolute Gasteiger partial charge is 0.252 e. The van der Waals surface area contributed by atoms with E-state index in [-0.39, 0.29) is 27.5 Å². The fraction of sp³-hybridized carbons (Fsp3) is 0.0769. The van der Waals surface area contributed by atoms with Crippen molar-refractivity contribution < 1.29 is 13.6 Å². The molecule has 4 N–H and O–H groups in total. The summed E-state index contributed by atoms with van der Waals surface area (Å²) in [5, 5.41) is 8.23. The van der Waals surface area contributed by atoms with Crippen molar-refractivity contribution in [3.8, 4) is 0 Å². The minimum atomic E-state index is -2.08. The molecule has 1 atom stereocenters. The maximum Gasteiger partial charge on any atom is 0.252 e. The highest BCUT2D eigenvalue weighted by molar-refractivity contribution is 7.79. The van der Waals surface area contributed by atoms with Crippen LogP contribution >= 0.6 is 11.6 Å². The van der Waals surface area contributed by atoms with Crippen LogP contribution in [-0.4, -0.2) is 19.2 Å². The van der Waals surface area contributed by atoms with Crippen LogP contribution in [0.3, 0.4) is 0 Å². The molecule has 1 amide bonds. The van der Waals surface area contributed by atoms with E-state index in [1.165, 1.54) is 22.9 Å². The Morgan fingerprint density at radius 3 is 2.76 bits per heavy atom. The lowest BCUT2D eigenvalue weighted by Gasteiger charge is -2.10. The fourth-order valence-electron chi connectivity index (χ4n) is 1.87. The van der Waals surface area contributed by atoms with E-state index in [9.17, 15) is 9.00 Å². The average Bonchev–Trinajstić information content (AvgIpc) is 2.42. The lowest BCUT2D eigenvalue weighted by atomic mass is 10.2. The molecule has 1 heterocycles. The van der Waals surface area contributed by atoms with Crippen LogP contribution in [0.15, 0.2) is 41.4 Å². The molecule has 0 aliphatic heterocycles. The monoisotopic (exact) mass is 325 g/mol. The van der Waals surface area contributed by atoms with Crippen molar-refractivity contribution in [1.82, 2.24) is 4.57 Å². The summed E-state index contributed by atoms with van der Waals surface area (Å²) in [5.41, 5.74) is 5.86. The number of primary amides is 1. The summed E-state index contributed by atoms with van der Waals surface area (Å²) in [7, 11) is 0. The number of aromatic nitrogens is 1. The molecule has 0 radical (unpaired) electrons. The van der Waals surface area contributed by atoms with E-state index in [0.717, 1.165) is 0 Å². The predicted octanol–water partition coefficient (Wildman–Crippen LogP) is 1.35. The van der Waals surface area contributed by atoms with Gasteiger partial charge in [-0.3, -0.25) is 10.2 Å². The summed E-state index contributed by atoms with van der Waals surface area (Å²) >= 11 is 3.84. The third kappa shape index (κ3) is 3.57. The zero-order valence-corrected chi connectivity index (χ0v) is 12.3. The quantitative estimate of drug-likeness (QED) is 0.738. The van der Waals surface area contributed by atoms with Crippen molar-refractivity contribution in [1.29, 1.82) is 5.41 Å². The maximum atomic E-state index is 11.3. The first-order valence-corrected chi connectivity index (χ1v) is 7.31. The number of hydrogen-bond donors (Lipinski definition) is 3. The number of pyridine rings is 1. The van der Waals surface area contributed by atoms with Crippen LogP contribution in [0.4, 0.5) is 0 Å². The number of nitrogens with zero attached hydrogens (tertiary/aromatic N) is 1. The Labute approximate surface area is 128 Å². The topological polar surface area (TPSA) is 109 Å². The van der Waals surface area contributed by atoms with E-state index >= 15 is 0 Å². The zero-order chi connectivity index (χ0) is 15.6. The molecule has 0 saturated heterocycles. The molecule has 21 heavy (non-hydrogen) atoms. The summed E-state index contributed by atoms with van der Waals surface area (Å²) in [6.07, 6.45) is 1.50. The Hall–Kier alpha value is -1.96. The first-order chi connectivity index (χ1) is 9.88. The number of carbonyl (C=O) groups is 1. The number of halogens is 1. The zero-order valence-electron chi connectivity index (χ0n) is 10.7. The van der Waals surface area contributed by atoms with Gasteiger partial charge >= 0.3 is 0 Å². The van der Waals surface area contributed by atoms with Gasteiger partial charge in [0.05, 0.1) is 15.5 Å². The molecule has 1 unspecified atom stereocenters. The molecule has 0 saturated carbocycles. The Balaban J connectivity index is 2.45. The summed E-state index contributed by atoms with van der Waals surface area (Å²) in [5.74, 6) is -0.735. The van der Waals surface area contributed by atoms with Gasteiger partial charge in [-0.05, 0) is 23.8 Å². The normalized spacial score (nSPS) is 12.1. The number of benzene rings is 1. The standard InChI is InChI=1S/C13H12ClN3O3S/c14-9-5-11(13(16)18)12(15)17(7-9)6-8-2-1-3-10(4-8)21(19)20/h1-5,7,15H,6H2,(H2,16,18)(H,19,20). The largest absolute Gasteiger partial charge is 0.365 e. The van der Waals surface area contributed by atoms with Crippen LogP contribution in [0.5, 0.6) is 0 Å². The second-order valence-electron chi connectivity index (χ2n) is 4.31. The summed E-state index contributed by atoms with van der Waals surface area (Å²) < 4.78 is 21.6. The molecule has 6 nitrogen and oxygen atoms in total. The summed E-state index contributed by atoms with van der Waals surface area (Å²) in [6, 6.07) is 7.80. The van der Waals surface area contributed by atoms with Gasteiger partial charge in [-0.25, -0.2) is 4.21 Å². The molecule has 0 aliphatic carbocycles. The Morgan fingerprint density at radius 2 is 2.14 bits per heavy atom. The molecule has 0 fully saturated rings. The molecular formula is C13H12ClN3O3S. The lowest BCUT2D eigenvalue weighted by Crippen LogP contribution is -2.29. The first-order valence-electron chi connectivity index (χ1n) is 5.82. The van der Waals surface area contributed by atoms with Crippen LogP contribution in [0, 0.1) is 5.41 Å². The average molecular weight is 326 g/mol. The van der Waals surface area contributed by atoms with Gasteiger partial charge in [-0.15, -0.1) is 0 Å². The van der Waals surface area contributed by atoms with Crippen LogP contribution in [0.25, 0.3) is 0 Å². The van der Waals surface area contributed by atoms with Gasteiger partial charge in [0, 0.05) is 12.7 Å². The third-order valence-electron chi connectivity index (χ3n) is 2.82. The third-order valence-corrected chi connectivity index (χ3v) is 3.69. The number of nitrogens with one attached hydrogen (secondary N) is 1. The van der Waals surface area contributed by atoms with Crippen molar-refractivity contribution in [2.75, 3.05) is 0 Å². The van der Waals surface area contributed by atoms with Crippen molar-refractivity contribution >= 4 is 28.6 Å². The Bertz CT molecular complexity index is 788. The summed E-state index contributed by atoms with van der Waals surface area (Å²) in [4.78, 5) is 11.5. The molecule has 0 bridgehead atoms. The lowest BCUT2D eigenvalue weighted by molar-refractivity contribution is 0.0997. The van der Waals surface area contributed by atoms with Gasteiger partial charge in [-0.1, -0.05) is 23.7 Å². The van der Waals surface area contributed by atoms with Crippen molar-refractivity contribution in [2.24, 2.45) is 5.73 Å². The maximum absolute atomic E-state index is 11.3. The molecular weight excluding hydrogens is 314 g/mol. The van der Waals surface area contributed by atoms with Gasteiger partial charge in [0.25, 0.3) is 5.91 Å². The van der Waals surface area contributed by atoms with E-state index in [0.29, 0.717) is 5.56 Å². The number of rotatable bonds is 4. The highest BCUT2D eigenvalue weighted by atomic mass is 35.5. The van der Waals surface area contributed by atoms with Gasteiger partial charge in [-0.2, -0.15) is 0 Å². The van der Waals surface area contributed by atoms with Gasteiger partial charge < -0.3 is 14.9 Å². The molecule has 2 aromatic rings. The van der Waals surface area contributed by atoms with E-state index in [1.807, 2.05) is 0 Å². The molecule has 0 aliphatic rings. The van der Waals surface area contributed by atoms with E-state index in [4.69, 9.17) is 27.3 Å². The van der Waals surface area contributed by atoms with Gasteiger partial charge in [0.1, 0.15) is 5.49 Å². The highest BCUT2D eigenvalue weighted by Crippen LogP contribution is 2.12. The van der Waals surface area contributed by atoms with Crippen molar-refractivity contribution in [3.05, 3.63) is 58.2 Å². The van der Waals surface area contributed by atoms with Crippen LogP contribution in [0.1, 0.15) is 15.9 Å².